The monoisotopic (exact) mass is 303 g/mol. The summed E-state index contributed by atoms with van der Waals surface area (Å²) >= 11 is 1.32. The summed E-state index contributed by atoms with van der Waals surface area (Å²) in [5, 5.41) is 10.9. The average Bonchev–Trinajstić information content (AvgIpc) is 3.01. The first kappa shape index (κ1) is 13.8. The van der Waals surface area contributed by atoms with Gasteiger partial charge in [0.05, 0.1) is 0 Å². The van der Waals surface area contributed by atoms with Crippen LogP contribution in [0, 0.1) is 0 Å². The lowest BCUT2D eigenvalue weighted by Crippen LogP contribution is -2.55. The molecule has 0 saturated carbocycles. The van der Waals surface area contributed by atoms with E-state index in [2.05, 4.69) is 39.5 Å². The normalized spacial score (nSPS) is 18.6. The minimum absolute atomic E-state index is 0.105. The number of amides is 2. The molecule has 0 spiro atoms. The van der Waals surface area contributed by atoms with E-state index in [1.165, 1.54) is 17.0 Å². The van der Waals surface area contributed by atoms with Crippen LogP contribution in [0.4, 0.5) is 15.6 Å². The summed E-state index contributed by atoms with van der Waals surface area (Å²) in [6.45, 7) is 4.42. The molecule has 1 atom stereocenters. The van der Waals surface area contributed by atoms with Crippen molar-refractivity contribution in [2.24, 2.45) is 0 Å². The number of rotatable bonds is 2. The van der Waals surface area contributed by atoms with Crippen LogP contribution in [-0.4, -0.2) is 46.8 Å². The van der Waals surface area contributed by atoms with E-state index in [9.17, 15) is 4.79 Å². The first-order valence-electron chi connectivity index (χ1n) is 6.88. The van der Waals surface area contributed by atoms with Gasteiger partial charge in [-0.3, -0.25) is 5.32 Å². The average molecular weight is 303 g/mol. The summed E-state index contributed by atoms with van der Waals surface area (Å²) in [7, 11) is 0. The fourth-order valence-corrected chi connectivity index (χ4v) is 2.96. The van der Waals surface area contributed by atoms with Crippen molar-refractivity contribution in [2.45, 2.75) is 13.0 Å². The van der Waals surface area contributed by atoms with E-state index in [4.69, 9.17) is 0 Å². The topological polar surface area (TPSA) is 61.4 Å². The predicted molar refractivity (Wildman–Crippen MR) is 83.8 cm³/mol. The second-order valence-electron chi connectivity index (χ2n) is 5.00. The van der Waals surface area contributed by atoms with Gasteiger partial charge in [0.1, 0.15) is 5.51 Å². The van der Waals surface area contributed by atoms with Crippen LogP contribution in [0.3, 0.4) is 0 Å². The Bertz CT molecular complexity index is 589. The van der Waals surface area contributed by atoms with Gasteiger partial charge in [-0.1, -0.05) is 29.5 Å². The molecule has 0 bridgehead atoms. The third-order valence-electron chi connectivity index (χ3n) is 3.58. The van der Waals surface area contributed by atoms with Crippen molar-refractivity contribution in [3.63, 3.8) is 0 Å². The van der Waals surface area contributed by atoms with E-state index >= 15 is 0 Å². The lowest BCUT2D eigenvalue weighted by molar-refractivity contribution is 0.185. The summed E-state index contributed by atoms with van der Waals surface area (Å²) < 4.78 is 0. The fraction of sp³-hybridized carbons (Fsp3) is 0.357. The zero-order valence-electron chi connectivity index (χ0n) is 11.8. The Morgan fingerprint density at radius 1 is 1.33 bits per heavy atom. The lowest BCUT2D eigenvalue weighted by atomic mass is 10.1. The summed E-state index contributed by atoms with van der Waals surface area (Å²) in [4.78, 5) is 16.4. The molecular weight excluding hydrogens is 286 g/mol. The number of aromatic nitrogens is 2. The molecule has 1 aromatic carbocycles. The Labute approximate surface area is 127 Å². The molecule has 6 nitrogen and oxygen atoms in total. The van der Waals surface area contributed by atoms with Crippen LogP contribution in [0.25, 0.3) is 0 Å². The van der Waals surface area contributed by atoms with Crippen molar-refractivity contribution < 1.29 is 4.79 Å². The number of para-hydroxylation sites is 1. The molecule has 0 aliphatic carbocycles. The third kappa shape index (κ3) is 3.13. The van der Waals surface area contributed by atoms with Gasteiger partial charge in [-0.2, -0.15) is 0 Å². The number of hydrogen-bond acceptors (Lipinski definition) is 5. The zero-order valence-corrected chi connectivity index (χ0v) is 12.6. The molecule has 1 aliphatic heterocycles. The van der Waals surface area contributed by atoms with E-state index in [0.29, 0.717) is 11.7 Å². The highest BCUT2D eigenvalue weighted by Crippen LogP contribution is 2.19. The molecule has 1 aromatic heterocycles. The summed E-state index contributed by atoms with van der Waals surface area (Å²) in [5.41, 5.74) is 2.81. The van der Waals surface area contributed by atoms with E-state index in [0.717, 1.165) is 13.1 Å². The number of carbonyl (C=O) groups is 1. The molecule has 110 valence electrons. The second kappa shape index (κ2) is 6.09. The third-order valence-corrected chi connectivity index (χ3v) is 4.19. The highest BCUT2D eigenvalue weighted by molar-refractivity contribution is 7.13. The fourth-order valence-electron chi connectivity index (χ4n) is 2.52. The van der Waals surface area contributed by atoms with Gasteiger partial charge in [0, 0.05) is 31.4 Å². The maximum Gasteiger partial charge on any atom is 0.324 e. The minimum atomic E-state index is -0.105. The van der Waals surface area contributed by atoms with Crippen LogP contribution in [0.2, 0.25) is 0 Å². The molecule has 1 aliphatic rings. The number of anilines is 2. The van der Waals surface area contributed by atoms with Gasteiger partial charge in [0.25, 0.3) is 0 Å². The number of piperazine rings is 1. The molecule has 0 unspecified atom stereocenters. The highest BCUT2D eigenvalue weighted by atomic mass is 32.1. The van der Waals surface area contributed by atoms with Gasteiger partial charge in [-0.15, -0.1) is 10.2 Å². The maximum atomic E-state index is 12.3. The van der Waals surface area contributed by atoms with Crippen molar-refractivity contribution in [1.82, 2.24) is 15.1 Å². The molecular formula is C14H17N5OS. The quantitative estimate of drug-likeness (QED) is 0.924. The maximum absolute atomic E-state index is 12.3. The predicted octanol–water partition coefficient (Wildman–Crippen LogP) is 2.28. The smallest absolute Gasteiger partial charge is 0.324 e. The van der Waals surface area contributed by atoms with Gasteiger partial charge >= 0.3 is 6.03 Å². The second-order valence-corrected chi connectivity index (χ2v) is 5.83. The van der Waals surface area contributed by atoms with Crippen molar-refractivity contribution >= 4 is 28.2 Å². The Morgan fingerprint density at radius 2 is 2.14 bits per heavy atom. The van der Waals surface area contributed by atoms with E-state index in [1.807, 2.05) is 23.1 Å². The Hall–Kier alpha value is -2.15. The molecule has 1 fully saturated rings. The van der Waals surface area contributed by atoms with Crippen molar-refractivity contribution in [2.75, 3.05) is 29.9 Å². The Balaban J connectivity index is 1.62. The SMILES string of the molecule is C[C@H]1CN(c2ccccc2)CCN1C(=O)Nc1nncs1. The number of nitrogens with one attached hydrogen (secondary N) is 1. The first-order valence-corrected chi connectivity index (χ1v) is 7.76. The first-order chi connectivity index (χ1) is 10.2. The van der Waals surface area contributed by atoms with Gasteiger partial charge in [0.15, 0.2) is 0 Å². The number of carbonyl (C=O) groups excluding carboxylic acids is 1. The Kier molecular flexibility index (Phi) is 4.01. The van der Waals surface area contributed by atoms with Crippen LogP contribution < -0.4 is 10.2 Å². The summed E-state index contributed by atoms with van der Waals surface area (Å²) in [6.07, 6.45) is 0. The molecule has 21 heavy (non-hydrogen) atoms. The van der Waals surface area contributed by atoms with Crippen LogP contribution in [0.1, 0.15) is 6.92 Å². The molecule has 1 saturated heterocycles. The highest BCUT2D eigenvalue weighted by Gasteiger charge is 2.27. The number of nitrogens with zero attached hydrogens (tertiary/aromatic N) is 4. The van der Waals surface area contributed by atoms with Crippen molar-refractivity contribution in [3.8, 4) is 0 Å². The molecule has 3 rings (SSSR count). The van der Waals surface area contributed by atoms with Crippen LogP contribution in [0.15, 0.2) is 35.8 Å². The van der Waals surface area contributed by atoms with Gasteiger partial charge in [-0.25, -0.2) is 4.79 Å². The molecule has 7 heteroatoms. The van der Waals surface area contributed by atoms with Gasteiger partial charge in [0.2, 0.25) is 5.13 Å². The molecule has 0 radical (unpaired) electrons. The van der Waals surface area contributed by atoms with E-state index in [1.54, 1.807) is 5.51 Å². The van der Waals surface area contributed by atoms with Crippen molar-refractivity contribution in [1.29, 1.82) is 0 Å². The largest absolute Gasteiger partial charge is 0.368 e. The molecule has 1 N–H and O–H groups in total. The Morgan fingerprint density at radius 3 is 2.81 bits per heavy atom. The zero-order chi connectivity index (χ0) is 14.7. The van der Waals surface area contributed by atoms with Crippen molar-refractivity contribution in [3.05, 3.63) is 35.8 Å². The summed E-state index contributed by atoms with van der Waals surface area (Å²) in [5.74, 6) is 0. The van der Waals surface area contributed by atoms with Crippen LogP contribution >= 0.6 is 11.3 Å². The molecule has 2 aromatic rings. The standard InChI is InChI=1S/C14H17N5OS/c1-11-9-18(12-5-3-2-4-6-12)7-8-19(11)14(20)16-13-17-15-10-21-13/h2-6,10-11H,7-9H2,1H3,(H,16,17,20)/t11-/m0/s1. The molecule has 2 heterocycles. The van der Waals surface area contributed by atoms with Gasteiger partial charge < -0.3 is 9.80 Å². The number of urea groups is 1. The molecule has 2 amide bonds. The van der Waals surface area contributed by atoms with E-state index < -0.39 is 0 Å². The lowest BCUT2D eigenvalue weighted by Gasteiger charge is -2.40. The number of benzene rings is 1. The summed E-state index contributed by atoms with van der Waals surface area (Å²) in [6, 6.07) is 10.3. The van der Waals surface area contributed by atoms with Crippen LogP contribution in [0.5, 0.6) is 0 Å². The van der Waals surface area contributed by atoms with Crippen LogP contribution in [-0.2, 0) is 0 Å². The van der Waals surface area contributed by atoms with Gasteiger partial charge in [-0.05, 0) is 19.1 Å². The number of hydrogen-bond donors (Lipinski definition) is 1. The minimum Gasteiger partial charge on any atom is -0.368 e. The van der Waals surface area contributed by atoms with E-state index in [-0.39, 0.29) is 12.1 Å².